The van der Waals surface area contributed by atoms with Gasteiger partial charge in [-0.15, -0.1) is 0 Å². The maximum absolute atomic E-state index is 13.8. The fourth-order valence-electron chi connectivity index (χ4n) is 5.77. The Morgan fingerprint density at radius 3 is 2.25 bits per heavy atom. The van der Waals surface area contributed by atoms with E-state index in [0.717, 1.165) is 38.8 Å². The average molecular weight is 660 g/mol. The molecule has 0 radical (unpaired) electrons. The molecule has 234 valence electrons. The van der Waals surface area contributed by atoms with Gasteiger partial charge in [-0.3, -0.25) is 14.3 Å². The second-order valence-electron chi connectivity index (χ2n) is 11.1. The van der Waals surface area contributed by atoms with Gasteiger partial charge in [0.15, 0.2) is 5.75 Å². The lowest BCUT2D eigenvalue weighted by atomic mass is 9.89. The molecule has 9 nitrogen and oxygen atoms in total. The summed E-state index contributed by atoms with van der Waals surface area (Å²) >= 11 is 12.3. The predicted octanol–water partition coefficient (Wildman–Crippen LogP) is 6.50. The van der Waals surface area contributed by atoms with Crippen LogP contribution in [0.1, 0.15) is 55.3 Å². The van der Waals surface area contributed by atoms with Crippen LogP contribution in [0.3, 0.4) is 0 Å². The number of rotatable bonds is 10. The van der Waals surface area contributed by atoms with Gasteiger partial charge < -0.3 is 15.0 Å². The third-order valence-corrected chi connectivity index (χ3v) is 9.92. The molecular formula is C32H36Cl2N4O5S. The Kier molecular flexibility index (Phi) is 10.7. The summed E-state index contributed by atoms with van der Waals surface area (Å²) in [5.74, 6) is -0.976. The monoisotopic (exact) mass is 658 g/mol. The first kappa shape index (κ1) is 32.1. The summed E-state index contributed by atoms with van der Waals surface area (Å²) in [4.78, 5) is 29.4. The Hall–Kier alpha value is -3.31. The molecule has 1 aliphatic carbocycles. The zero-order chi connectivity index (χ0) is 31.1. The molecule has 3 aromatic carbocycles. The third kappa shape index (κ3) is 8.24. The van der Waals surface area contributed by atoms with E-state index in [9.17, 15) is 18.0 Å². The molecule has 12 heteroatoms. The van der Waals surface area contributed by atoms with Crippen LogP contribution in [0.25, 0.3) is 0 Å². The van der Waals surface area contributed by atoms with E-state index in [4.69, 9.17) is 27.9 Å². The summed E-state index contributed by atoms with van der Waals surface area (Å²) in [5, 5.41) is 3.63. The Balaban J connectivity index is 1.30. The summed E-state index contributed by atoms with van der Waals surface area (Å²) in [7, 11) is -4.58. The minimum atomic E-state index is -4.58. The number of likely N-dealkylation sites (tertiary alicyclic amines) is 1. The molecule has 3 aromatic rings. The van der Waals surface area contributed by atoms with Crippen LogP contribution in [0.5, 0.6) is 11.5 Å². The topological polar surface area (TPSA) is 108 Å². The van der Waals surface area contributed by atoms with Crippen LogP contribution in [0.4, 0.5) is 5.69 Å². The minimum absolute atomic E-state index is 0.0563. The molecule has 0 spiro atoms. The third-order valence-electron chi connectivity index (χ3n) is 8.03. The predicted molar refractivity (Wildman–Crippen MR) is 173 cm³/mol. The van der Waals surface area contributed by atoms with E-state index in [1.807, 2.05) is 0 Å². The van der Waals surface area contributed by atoms with E-state index in [1.54, 1.807) is 48.5 Å². The molecule has 0 aromatic heterocycles. The number of para-hydroxylation sites is 2. The van der Waals surface area contributed by atoms with Crippen molar-refractivity contribution in [2.24, 2.45) is 0 Å². The van der Waals surface area contributed by atoms with Crippen molar-refractivity contribution in [1.29, 1.82) is 0 Å². The highest BCUT2D eigenvalue weighted by Gasteiger charge is 2.33. The van der Waals surface area contributed by atoms with Crippen LogP contribution < -0.4 is 14.8 Å². The summed E-state index contributed by atoms with van der Waals surface area (Å²) in [6, 6.07) is 19.4. The second-order valence-corrected chi connectivity index (χ2v) is 13.6. The number of anilines is 1. The molecule has 0 unspecified atom stereocenters. The van der Waals surface area contributed by atoms with Crippen molar-refractivity contribution in [3.8, 4) is 11.5 Å². The van der Waals surface area contributed by atoms with Crippen LogP contribution in [-0.4, -0.2) is 61.2 Å². The van der Waals surface area contributed by atoms with Gasteiger partial charge in [0.1, 0.15) is 12.3 Å². The lowest BCUT2D eigenvalue weighted by molar-refractivity contribution is -0.122. The Bertz CT molecular complexity index is 1560. The van der Waals surface area contributed by atoms with Crippen molar-refractivity contribution in [1.82, 2.24) is 14.5 Å². The number of nitrogens with one attached hydrogen (secondary N) is 2. The molecule has 5 rings (SSSR count). The van der Waals surface area contributed by atoms with Gasteiger partial charge >= 0.3 is 10.2 Å². The van der Waals surface area contributed by atoms with E-state index >= 15 is 0 Å². The van der Waals surface area contributed by atoms with Gasteiger partial charge in [-0.05, 0) is 94.1 Å². The van der Waals surface area contributed by atoms with E-state index in [-0.39, 0.29) is 33.8 Å². The average Bonchev–Trinajstić information content (AvgIpc) is 3.03. The zero-order valence-electron chi connectivity index (χ0n) is 24.3. The van der Waals surface area contributed by atoms with E-state index in [0.29, 0.717) is 15.4 Å². The summed E-state index contributed by atoms with van der Waals surface area (Å²) in [6.45, 7) is 1.58. The fraction of sp³-hybridized carbons (Fsp3) is 0.375. The van der Waals surface area contributed by atoms with Gasteiger partial charge in [0.25, 0.3) is 5.91 Å². The van der Waals surface area contributed by atoms with Crippen molar-refractivity contribution >= 4 is 50.9 Å². The molecule has 2 amide bonds. The van der Waals surface area contributed by atoms with Gasteiger partial charge in [-0.1, -0.05) is 60.0 Å². The van der Waals surface area contributed by atoms with Crippen LogP contribution in [0.15, 0.2) is 72.8 Å². The normalized spacial score (nSPS) is 19.1. The van der Waals surface area contributed by atoms with Crippen LogP contribution >= 0.6 is 23.2 Å². The fourth-order valence-corrected chi connectivity index (χ4v) is 7.39. The highest BCUT2D eigenvalue weighted by atomic mass is 35.5. The lowest BCUT2D eigenvalue weighted by Crippen LogP contribution is -2.50. The molecule has 2 N–H and O–H groups in total. The lowest BCUT2D eigenvalue weighted by Gasteiger charge is -2.39. The number of halogens is 2. The molecular weight excluding hydrogens is 623 g/mol. The molecule has 1 aliphatic heterocycles. The molecule has 0 atom stereocenters. The van der Waals surface area contributed by atoms with Gasteiger partial charge in [-0.25, -0.2) is 4.31 Å². The van der Waals surface area contributed by atoms with Crippen molar-refractivity contribution in [3.63, 3.8) is 0 Å². The first-order valence-electron chi connectivity index (χ1n) is 14.8. The van der Waals surface area contributed by atoms with Crippen LogP contribution in [0, 0.1) is 0 Å². The number of benzene rings is 3. The molecule has 0 bridgehead atoms. The van der Waals surface area contributed by atoms with Crippen LogP contribution in [0.2, 0.25) is 10.0 Å². The highest BCUT2D eigenvalue weighted by molar-refractivity contribution is 7.91. The smallest absolute Gasteiger partial charge is 0.327 e. The van der Waals surface area contributed by atoms with Gasteiger partial charge in [0, 0.05) is 22.7 Å². The minimum Gasteiger partial charge on any atom is -0.454 e. The van der Waals surface area contributed by atoms with Crippen molar-refractivity contribution in [3.05, 3.63) is 88.4 Å². The summed E-state index contributed by atoms with van der Waals surface area (Å²) < 4.78 is 36.5. The van der Waals surface area contributed by atoms with Gasteiger partial charge in [0.2, 0.25) is 5.91 Å². The number of carbonyl (C=O) groups excluding carboxylic acids is 2. The van der Waals surface area contributed by atoms with Gasteiger partial charge in [-0.2, -0.15) is 8.42 Å². The molecule has 1 heterocycles. The SMILES string of the molecule is O=C(CN(C(=O)c1ccccc1)S(=O)(=O)Nc1ccccc1Oc1ccc(Cl)cc1Cl)NC1CCC(N2CCCCC2)CC1. The highest BCUT2D eigenvalue weighted by Crippen LogP contribution is 2.35. The van der Waals surface area contributed by atoms with E-state index in [1.165, 1.54) is 43.5 Å². The van der Waals surface area contributed by atoms with E-state index < -0.39 is 28.6 Å². The zero-order valence-corrected chi connectivity index (χ0v) is 26.6. The number of amides is 2. The van der Waals surface area contributed by atoms with Crippen LogP contribution in [-0.2, 0) is 15.0 Å². The molecule has 44 heavy (non-hydrogen) atoms. The number of ether oxygens (including phenoxy) is 1. The standard InChI is InChI=1S/C32H36Cl2N4O5S/c33-24-13-18-29(27(34)21-24)43-30-12-6-5-11-28(30)36-44(41,42)38(32(40)23-9-3-1-4-10-23)22-31(39)35-25-14-16-26(17-15-25)37-19-7-2-8-20-37/h1,3-6,9-13,18,21,25-26,36H,2,7-8,14-17,19-20,22H2,(H,35,39). The number of hydrogen-bond acceptors (Lipinski definition) is 6. The van der Waals surface area contributed by atoms with Crippen molar-refractivity contribution in [2.45, 2.75) is 57.0 Å². The number of piperidine rings is 1. The molecule has 2 aliphatic rings. The summed E-state index contributed by atoms with van der Waals surface area (Å²) in [5.41, 5.74) is 0.186. The maximum atomic E-state index is 13.8. The first-order chi connectivity index (χ1) is 21.2. The molecule has 2 fully saturated rings. The van der Waals surface area contributed by atoms with Crippen molar-refractivity contribution in [2.75, 3.05) is 24.4 Å². The first-order valence-corrected chi connectivity index (χ1v) is 17.0. The van der Waals surface area contributed by atoms with Gasteiger partial charge in [0.05, 0.1) is 10.7 Å². The number of nitrogens with zero attached hydrogens (tertiary/aromatic N) is 2. The number of hydrogen-bond donors (Lipinski definition) is 2. The molecule has 1 saturated heterocycles. The summed E-state index contributed by atoms with van der Waals surface area (Å²) in [6.07, 6.45) is 7.32. The van der Waals surface area contributed by atoms with Crippen molar-refractivity contribution < 1.29 is 22.7 Å². The quantitative estimate of drug-likeness (QED) is 0.258. The van der Waals surface area contributed by atoms with E-state index in [2.05, 4.69) is 14.9 Å². The maximum Gasteiger partial charge on any atom is 0.327 e. The molecule has 1 saturated carbocycles. The second kappa shape index (κ2) is 14.6. The largest absolute Gasteiger partial charge is 0.454 e. The number of carbonyl (C=O) groups is 2. The Labute approximate surface area is 268 Å². The Morgan fingerprint density at radius 2 is 1.55 bits per heavy atom. The Morgan fingerprint density at radius 1 is 0.864 bits per heavy atom.